The Bertz CT molecular complexity index is 636. The van der Waals surface area contributed by atoms with Gasteiger partial charge < -0.3 is 10.1 Å². The molecule has 126 valence electrons. The average molecular weight is 335 g/mol. The Kier molecular flexibility index (Phi) is 5.33. The molecule has 0 aromatic carbocycles. The minimum atomic E-state index is 0.00302. The summed E-state index contributed by atoms with van der Waals surface area (Å²) >= 11 is 1.50. The number of nitrogens with one attached hydrogen (secondary N) is 1. The topological polar surface area (TPSA) is 56.2 Å². The second kappa shape index (κ2) is 7.45. The van der Waals surface area contributed by atoms with Gasteiger partial charge in [0.1, 0.15) is 4.83 Å². The normalized spacial score (nSPS) is 16.1. The van der Waals surface area contributed by atoms with Crippen molar-refractivity contribution in [1.29, 1.82) is 0 Å². The summed E-state index contributed by atoms with van der Waals surface area (Å²) in [6.07, 6.45) is 7.64. The van der Waals surface area contributed by atoms with Crippen LogP contribution in [0.15, 0.2) is 6.07 Å². The van der Waals surface area contributed by atoms with Crippen molar-refractivity contribution in [3.63, 3.8) is 0 Å². The minimum Gasteiger partial charge on any atom is -0.378 e. The summed E-state index contributed by atoms with van der Waals surface area (Å²) in [6.45, 7) is 3.37. The fourth-order valence-electron chi connectivity index (χ4n) is 3.16. The number of hydrogen-bond donors (Lipinski definition) is 1. The molecular weight excluding hydrogens is 310 g/mol. The maximum Gasteiger partial charge on any atom is 0.261 e. The van der Waals surface area contributed by atoms with Crippen molar-refractivity contribution in [3.05, 3.63) is 16.6 Å². The average Bonchev–Trinajstić information content (AvgIpc) is 3.10. The lowest BCUT2D eigenvalue weighted by atomic mass is 9.98. The molecule has 1 amide bonds. The van der Waals surface area contributed by atoms with Gasteiger partial charge in [0.2, 0.25) is 0 Å². The van der Waals surface area contributed by atoms with Gasteiger partial charge in [-0.3, -0.25) is 9.48 Å². The van der Waals surface area contributed by atoms with Crippen molar-refractivity contribution in [1.82, 2.24) is 15.1 Å². The summed E-state index contributed by atoms with van der Waals surface area (Å²) in [4.78, 5) is 14.0. The zero-order valence-corrected chi connectivity index (χ0v) is 14.7. The Morgan fingerprint density at radius 2 is 2.22 bits per heavy atom. The number of aromatic nitrogens is 2. The van der Waals surface area contributed by atoms with Gasteiger partial charge in [-0.15, -0.1) is 11.3 Å². The van der Waals surface area contributed by atoms with Crippen LogP contribution < -0.4 is 5.32 Å². The lowest BCUT2D eigenvalue weighted by Gasteiger charge is -2.21. The van der Waals surface area contributed by atoms with Crippen LogP contribution in [-0.4, -0.2) is 34.9 Å². The van der Waals surface area contributed by atoms with Crippen molar-refractivity contribution in [2.24, 2.45) is 7.05 Å². The van der Waals surface area contributed by atoms with Gasteiger partial charge in [-0.2, -0.15) is 5.10 Å². The third kappa shape index (κ3) is 3.93. The summed E-state index contributed by atoms with van der Waals surface area (Å²) in [5.74, 6) is 0.00302. The Balaban J connectivity index is 1.42. The molecule has 1 fully saturated rings. The Morgan fingerprint density at radius 1 is 1.43 bits per heavy atom. The molecule has 0 atom stereocenters. The van der Waals surface area contributed by atoms with Crippen molar-refractivity contribution < 1.29 is 9.53 Å². The molecule has 3 rings (SSSR count). The molecule has 23 heavy (non-hydrogen) atoms. The van der Waals surface area contributed by atoms with Gasteiger partial charge in [0, 0.05) is 25.6 Å². The van der Waals surface area contributed by atoms with Gasteiger partial charge in [0.25, 0.3) is 5.91 Å². The van der Waals surface area contributed by atoms with Crippen LogP contribution in [0.2, 0.25) is 0 Å². The van der Waals surface area contributed by atoms with Gasteiger partial charge in [-0.05, 0) is 32.3 Å². The number of hydrogen-bond acceptors (Lipinski definition) is 4. The third-order valence-electron chi connectivity index (χ3n) is 4.43. The first-order valence-electron chi connectivity index (χ1n) is 8.48. The van der Waals surface area contributed by atoms with E-state index >= 15 is 0 Å². The lowest BCUT2D eigenvalue weighted by Crippen LogP contribution is -2.25. The maximum atomic E-state index is 12.2. The third-order valence-corrected chi connectivity index (χ3v) is 5.63. The van der Waals surface area contributed by atoms with Crippen LogP contribution in [0.1, 0.15) is 53.9 Å². The van der Waals surface area contributed by atoms with E-state index in [0.29, 0.717) is 12.6 Å². The van der Waals surface area contributed by atoms with Crippen molar-refractivity contribution >= 4 is 27.5 Å². The maximum absolute atomic E-state index is 12.2. The van der Waals surface area contributed by atoms with E-state index in [1.807, 2.05) is 24.7 Å². The number of carbonyl (C=O) groups is 1. The SMILES string of the molecule is Cc1nn(C)c2sc(C(=O)NCCCOC3CCCCC3)cc12. The van der Waals surface area contributed by atoms with Gasteiger partial charge in [0.15, 0.2) is 0 Å². The van der Waals surface area contributed by atoms with E-state index in [1.165, 1.54) is 43.4 Å². The molecule has 0 radical (unpaired) electrons. The van der Waals surface area contributed by atoms with Gasteiger partial charge in [0.05, 0.1) is 16.7 Å². The van der Waals surface area contributed by atoms with Crippen LogP contribution in [0.4, 0.5) is 0 Å². The van der Waals surface area contributed by atoms with Crippen molar-refractivity contribution in [2.45, 2.75) is 51.6 Å². The zero-order chi connectivity index (χ0) is 16.2. The molecule has 1 saturated carbocycles. The Hall–Kier alpha value is -1.40. The van der Waals surface area contributed by atoms with E-state index < -0.39 is 0 Å². The largest absolute Gasteiger partial charge is 0.378 e. The fraction of sp³-hybridized carbons (Fsp3) is 0.647. The first-order valence-corrected chi connectivity index (χ1v) is 9.30. The van der Waals surface area contributed by atoms with Crippen LogP contribution in [0, 0.1) is 6.92 Å². The quantitative estimate of drug-likeness (QED) is 0.823. The van der Waals surface area contributed by atoms with Crippen LogP contribution >= 0.6 is 11.3 Å². The van der Waals surface area contributed by atoms with E-state index in [2.05, 4.69) is 10.4 Å². The van der Waals surface area contributed by atoms with Gasteiger partial charge in [-0.1, -0.05) is 19.3 Å². The van der Waals surface area contributed by atoms with Crippen molar-refractivity contribution in [3.8, 4) is 0 Å². The van der Waals surface area contributed by atoms with Gasteiger partial charge >= 0.3 is 0 Å². The summed E-state index contributed by atoms with van der Waals surface area (Å²) in [6, 6.07) is 1.94. The summed E-state index contributed by atoms with van der Waals surface area (Å²) < 4.78 is 7.71. The number of rotatable bonds is 6. The highest BCUT2D eigenvalue weighted by Crippen LogP contribution is 2.27. The molecule has 5 nitrogen and oxygen atoms in total. The summed E-state index contributed by atoms with van der Waals surface area (Å²) in [7, 11) is 1.91. The number of nitrogens with zero attached hydrogens (tertiary/aromatic N) is 2. The van der Waals surface area contributed by atoms with E-state index in [1.54, 1.807) is 0 Å². The molecule has 0 bridgehead atoms. The minimum absolute atomic E-state index is 0.00302. The molecule has 0 saturated heterocycles. The van der Waals surface area contributed by atoms with E-state index in [0.717, 1.165) is 33.8 Å². The van der Waals surface area contributed by atoms with Crippen LogP contribution in [0.5, 0.6) is 0 Å². The predicted molar refractivity (Wildman–Crippen MR) is 93.1 cm³/mol. The number of ether oxygens (including phenoxy) is 1. The van der Waals surface area contributed by atoms with Crippen molar-refractivity contribution in [2.75, 3.05) is 13.2 Å². The van der Waals surface area contributed by atoms with E-state index in [9.17, 15) is 4.79 Å². The highest BCUT2D eigenvalue weighted by Gasteiger charge is 2.15. The second-order valence-electron chi connectivity index (χ2n) is 6.28. The molecule has 0 aliphatic heterocycles. The van der Waals surface area contributed by atoms with E-state index in [-0.39, 0.29) is 5.91 Å². The zero-order valence-electron chi connectivity index (χ0n) is 13.9. The van der Waals surface area contributed by atoms with Gasteiger partial charge in [-0.25, -0.2) is 0 Å². The highest BCUT2D eigenvalue weighted by molar-refractivity contribution is 7.20. The van der Waals surface area contributed by atoms with Crippen LogP contribution in [0.3, 0.4) is 0 Å². The molecule has 1 aliphatic carbocycles. The molecule has 0 unspecified atom stereocenters. The number of fused-ring (bicyclic) bond motifs is 1. The number of aryl methyl sites for hydroxylation is 2. The second-order valence-corrected chi connectivity index (χ2v) is 7.31. The molecular formula is C17H25N3O2S. The first-order chi connectivity index (χ1) is 11.1. The summed E-state index contributed by atoms with van der Waals surface area (Å²) in [5, 5.41) is 8.42. The van der Waals surface area contributed by atoms with Crippen LogP contribution in [-0.2, 0) is 11.8 Å². The number of carbonyl (C=O) groups excluding carboxylic acids is 1. The fourth-order valence-corrected chi connectivity index (χ4v) is 4.20. The Labute approximate surface area is 141 Å². The first kappa shape index (κ1) is 16.5. The molecule has 1 N–H and O–H groups in total. The number of thiophene rings is 1. The van der Waals surface area contributed by atoms with Crippen LogP contribution in [0.25, 0.3) is 10.2 Å². The monoisotopic (exact) mass is 335 g/mol. The summed E-state index contributed by atoms with van der Waals surface area (Å²) in [5.41, 5.74) is 0.971. The standard InChI is InChI=1S/C17H25N3O2S/c1-12-14-11-15(23-17(14)20(2)19-12)16(21)18-9-6-10-22-13-7-4-3-5-8-13/h11,13H,3-10H2,1-2H3,(H,18,21). The predicted octanol–water partition coefficient (Wildman–Crippen LogP) is 3.41. The highest BCUT2D eigenvalue weighted by atomic mass is 32.1. The molecule has 6 heteroatoms. The smallest absolute Gasteiger partial charge is 0.261 e. The molecule has 0 spiro atoms. The molecule has 1 aliphatic rings. The van der Waals surface area contributed by atoms with E-state index in [4.69, 9.17) is 4.74 Å². The Morgan fingerprint density at radius 3 is 2.96 bits per heavy atom. The molecule has 2 aromatic rings. The molecule has 2 aromatic heterocycles. The molecule has 2 heterocycles. The lowest BCUT2D eigenvalue weighted by molar-refractivity contribution is 0.0273. The number of amides is 1.